The van der Waals surface area contributed by atoms with Crippen LogP contribution in [0.5, 0.6) is 11.5 Å². The maximum absolute atomic E-state index is 13.1. The van der Waals surface area contributed by atoms with E-state index in [4.69, 9.17) is 13.9 Å². The first-order valence-corrected chi connectivity index (χ1v) is 10.7. The Kier molecular flexibility index (Phi) is 6.27. The number of carbonyl (C=O) groups is 2. The monoisotopic (exact) mass is 484 g/mol. The number of likely N-dealkylation sites (N-methyl/N-ethyl adjacent to an activating group) is 1. The first-order chi connectivity index (χ1) is 15.0. The maximum atomic E-state index is 13.1. The predicted octanol–water partition coefficient (Wildman–Crippen LogP) is 4.60. The lowest BCUT2D eigenvalue weighted by Gasteiger charge is -2.31. The number of rotatable bonds is 6. The van der Waals surface area contributed by atoms with Gasteiger partial charge in [0, 0.05) is 17.8 Å². The third kappa shape index (κ3) is 4.91. The van der Waals surface area contributed by atoms with Gasteiger partial charge in [0.2, 0.25) is 0 Å². The van der Waals surface area contributed by atoms with Crippen LogP contribution >= 0.6 is 15.9 Å². The van der Waals surface area contributed by atoms with Crippen LogP contribution in [0.25, 0.3) is 0 Å². The first-order valence-electron chi connectivity index (χ1n) is 9.88. The molecule has 1 atom stereocenters. The second-order valence-electron chi connectivity index (χ2n) is 6.98. The second-order valence-corrected chi connectivity index (χ2v) is 7.76. The Bertz CT molecular complexity index is 1100. The minimum absolute atomic E-state index is 0.151. The average molecular weight is 485 g/mol. The zero-order valence-electron chi connectivity index (χ0n) is 16.8. The summed E-state index contributed by atoms with van der Waals surface area (Å²) in [6.45, 7) is 3.18. The summed E-state index contributed by atoms with van der Waals surface area (Å²) in [5, 5.41) is 2.75. The van der Waals surface area contributed by atoms with Crippen LogP contribution in [0.1, 0.15) is 27.8 Å². The topological polar surface area (TPSA) is 81.0 Å². The third-order valence-electron chi connectivity index (χ3n) is 4.82. The number of nitrogens with one attached hydrogen (secondary N) is 1. The fraction of sp³-hybridized carbons (Fsp3) is 0.217. The number of hydrogen-bond acceptors (Lipinski definition) is 5. The minimum Gasteiger partial charge on any atom is -0.486 e. The van der Waals surface area contributed by atoms with Crippen LogP contribution in [-0.4, -0.2) is 42.5 Å². The van der Waals surface area contributed by atoms with E-state index in [1.165, 1.54) is 0 Å². The van der Waals surface area contributed by atoms with Crippen LogP contribution < -0.4 is 14.8 Å². The fourth-order valence-corrected chi connectivity index (χ4v) is 3.60. The van der Waals surface area contributed by atoms with Crippen LogP contribution in [0.15, 0.2) is 69.8 Å². The lowest BCUT2D eigenvalue weighted by molar-refractivity contribution is 0.0475. The number of nitrogens with zero attached hydrogens (tertiary/aromatic N) is 1. The van der Waals surface area contributed by atoms with E-state index in [2.05, 4.69) is 21.2 Å². The molecule has 3 aromatic rings. The van der Waals surface area contributed by atoms with E-state index in [0.29, 0.717) is 47.1 Å². The molecular formula is C23H21BrN2O5. The summed E-state index contributed by atoms with van der Waals surface area (Å²) in [5.74, 6) is 1.01. The van der Waals surface area contributed by atoms with Crippen LogP contribution in [0.4, 0.5) is 5.69 Å². The molecule has 0 saturated carbocycles. The van der Waals surface area contributed by atoms with Gasteiger partial charge in [-0.05, 0) is 65.3 Å². The molecule has 2 amide bonds. The average Bonchev–Trinajstić information content (AvgIpc) is 3.23. The number of fused-ring (bicyclic) bond motifs is 1. The Morgan fingerprint density at radius 3 is 2.65 bits per heavy atom. The van der Waals surface area contributed by atoms with E-state index in [0.717, 1.165) is 0 Å². The third-order valence-corrected chi connectivity index (χ3v) is 5.25. The van der Waals surface area contributed by atoms with Gasteiger partial charge in [-0.3, -0.25) is 9.59 Å². The highest BCUT2D eigenvalue weighted by Crippen LogP contribution is 2.31. The summed E-state index contributed by atoms with van der Waals surface area (Å²) < 4.78 is 17.5. The molecule has 0 spiro atoms. The number of furan rings is 1. The van der Waals surface area contributed by atoms with Gasteiger partial charge in [0.25, 0.3) is 11.8 Å². The number of benzene rings is 2. The number of para-hydroxylation sites is 2. The molecule has 8 heteroatoms. The fourth-order valence-electron chi connectivity index (χ4n) is 3.30. The van der Waals surface area contributed by atoms with Gasteiger partial charge in [0.1, 0.15) is 6.61 Å². The minimum atomic E-state index is -0.394. The molecule has 2 heterocycles. The Morgan fingerprint density at radius 1 is 1.10 bits per heavy atom. The Labute approximate surface area is 188 Å². The van der Waals surface area contributed by atoms with Crippen LogP contribution in [0.2, 0.25) is 0 Å². The van der Waals surface area contributed by atoms with Crippen molar-refractivity contribution in [3.63, 3.8) is 0 Å². The van der Waals surface area contributed by atoms with Crippen LogP contribution in [-0.2, 0) is 0 Å². The Hall–Kier alpha value is -3.26. The number of hydrogen-bond donors (Lipinski definition) is 1. The van der Waals surface area contributed by atoms with Crippen molar-refractivity contribution in [3.05, 3.63) is 76.7 Å². The zero-order chi connectivity index (χ0) is 21.8. The van der Waals surface area contributed by atoms with E-state index in [1.54, 1.807) is 41.3 Å². The number of carbonyl (C=O) groups excluding carboxylic acids is 2. The van der Waals surface area contributed by atoms with E-state index < -0.39 is 5.91 Å². The van der Waals surface area contributed by atoms with E-state index in [-0.39, 0.29) is 17.8 Å². The van der Waals surface area contributed by atoms with E-state index >= 15 is 0 Å². The van der Waals surface area contributed by atoms with E-state index in [9.17, 15) is 9.59 Å². The number of ether oxygens (including phenoxy) is 2. The molecule has 0 radical (unpaired) electrons. The largest absolute Gasteiger partial charge is 0.486 e. The predicted molar refractivity (Wildman–Crippen MR) is 119 cm³/mol. The molecule has 0 fully saturated rings. The van der Waals surface area contributed by atoms with Gasteiger partial charge in [-0.15, -0.1) is 0 Å². The van der Waals surface area contributed by atoms with Crippen molar-refractivity contribution in [2.75, 3.05) is 25.0 Å². The molecule has 1 aliphatic heterocycles. The van der Waals surface area contributed by atoms with Crippen molar-refractivity contribution >= 4 is 33.4 Å². The molecule has 0 saturated heterocycles. The highest BCUT2D eigenvalue weighted by molar-refractivity contribution is 9.10. The molecule has 0 bridgehead atoms. The van der Waals surface area contributed by atoms with Gasteiger partial charge in [0.15, 0.2) is 28.0 Å². The molecule has 31 heavy (non-hydrogen) atoms. The SMILES string of the molecule is CCN(CC1COc2ccccc2O1)C(=O)c1cccc(NC(=O)c2ccc(Br)o2)c1. The molecule has 1 unspecified atom stereocenters. The summed E-state index contributed by atoms with van der Waals surface area (Å²) in [5.41, 5.74) is 0.975. The molecule has 0 aliphatic carbocycles. The van der Waals surface area contributed by atoms with Gasteiger partial charge in [-0.1, -0.05) is 18.2 Å². The summed E-state index contributed by atoms with van der Waals surface area (Å²) in [4.78, 5) is 27.1. The molecule has 1 N–H and O–H groups in total. The first kappa shape index (κ1) is 21.0. The van der Waals surface area contributed by atoms with Gasteiger partial charge >= 0.3 is 0 Å². The number of amides is 2. The number of halogens is 1. The maximum Gasteiger partial charge on any atom is 0.291 e. The lowest BCUT2D eigenvalue weighted by atomic mass is 10.1. The van der Waals surface area contributed by atoms with Crippen molar-refractivity contribution in [1.82, 2.24) is 4.90 Å². The van der Waals surface area contributed by atoms with Crippen molar-refractivity contribution in [3.8, 4) is 11.5 Å². The summed E-state index contributed by atoms with van der Waals surface area (Å²) in [7, 11) is 0. The van der Waals surface area contributed by atoms with Crippen LogP contribution in [0, 0.1) is 0 Å². The highest BCUT2D eigenvalue weighted by atomic mass is 79.9. The molecule has 1 aliphatic rings. The smallest absolute Gasteiger partial charge is 0.291 e. The Morgan fingerprint density at radius 2 is 1.90 bits per heavy atom. The van der Waals surface area contributed by atoms with Crippen molar-refractivity contribution in [1.29, 1.82) is 0 Å². The normalized spacial score (nSPS) is 14.7. The second kappa shape index (κ2) is 9.26. The lowest BCUT2D eigenvalue weighted by Crippen LogP contribution is -2.43. The van der Waals surface area contributed by atoms with Gasteiger partial charge in [-0.25, -0.2) is 0 Å². The van der Waals surface area contributed by atoms with Crippen molar-refractivity contribution < 1.29 is 23.5 Å². The molecular weight excluding hydrogens is 464 g/mol. The van der Waals surface area contributed by atoms with Gasteiger partial charge < -0.3 is 24.1 Å². The van der Waals surface area contributed by atoms with E-state index in [1.807, 2.05) is 31.2 Å². The summed E-state index contributed by atoms with van der Waals surface area (Å²) in [6.07, 6.45) is -0.265. The summed E-state index contributed by atoms with van der Waals surface area (Å²) >= 11 is 3.17. The molecule has 2 aromatic carbocycles. The molecule has 1 aromatic heterocycles. The molecule has 4 rings (SSSR count). The summed E-state index contributed by atoms with van der Waals surface area (Å²) in [6, 6.07) is 17.5. The molecule has 7 nitrogen and oxygen atoms in total. The quantitative estimate of drug-likeness (QED) is 0.552. The standard InChI is InChI=1S/C23H21BrN2O5/c1-2-26(13-17-14-29-18-8-3-4-9-19(18)30-17)23(28)15-6-5-7-16(12-15)25-22(27)20-10-11-21(24)31-20/h3-12,17H,2,13-14H2,1H3,(H,25,27). The van der Waals surface area contributed by atoms with Gasteiger partial charge in [-0.2, -0.15) is 0 Å². The van der Waals surface area contributed by atoms with Gasteiger partial charge in [0.05, 0.1) is 6.54 Å². The molecule has 160 valence electrons. The number of anilines is 1. The van der Waals surface area contributed by atoms with Crippen molar-refractivity contribution in [2.45, 2.75) is 13.0 Å². The highest BCUT2D eigenvalue weighted by Gasteiger charge is 2.25. The van der Waals surface area contributed by atoms with Crippen molar-refractivity contribution in [2.24, 2.45) is 0 Å². The zero-order valence-corrected chi connectivity index (χ0v) is 18.4. The van der Waals surface area contributed by atoms with Crippen LogP contribution in [0.3, 0.4) is 0 Å². The Balaban J connectivity index is 1.43.